The van der Waals surface area contributed by atoms with Crippen molar-refractivity contribution >= 4 is 26.5 Å². The van der Waals surface area contributed by atoms with E-state index in [9.17, 15) is 14.4 Å². The molecule has 0 atom stereocenters. The maximum Gasteiger partial charge on any atom is 0.532 e. The largest absolute Gasteiger partial charge is 0.532 e. The van der Waals surface area contributed by atoms with Crippen molar-refractivity contribution < 1.29 is 37.4 Å². The number of esters is 2. The molecule has 0 aliphatic rings. The summed E-state index contributed by atoms with van der Waals surface area (Å²) in [5.74, 6) is -0.331. The van der Waals surface area contributed by atoms with E-state index >= 15 is 0 Å². The van der Waals surface area contributed by atoms with E-state index in [1.807, 2.05) is 79.7 Å². The highest BCUT2D eigenvalue weighted by Crippen LogP contribution is 2.50. The summed E-state index contributed by atoms with van der Waals surface area (Å²) in [4.78, 5) is 38.7. The highest BCUT2D eigenvalue weighted by molar-refractivity contribution is 7.43. The van der Waals surface area contributed by atoms with Crippen LogP contribution in [0.5, 0.6) is 11.5 Å². The van der Waals surface area contributed by atoms with Gasteiger partial charge < -0.3 is 23.0 Å². The molecule has 0 saturated carbocycles. The molecule has 0 spiro atoms. The first-order chi connectivity index (χ1) is 23.2. The van der Waals surface area contributed by atoms with Crippen molar-refractivity contribution in [2.24, 2.45) is 0 Å². The number of benzene rings is 2. The maximum atomic E-state index is 13.1. The molecule has 0 bridgehead atoms. The van der Waals surface area contributed by atoms with Crippen LogP contribution in [0.15, 0.2) is 24.3 Å². The molecule has 274 valence electrons. The predicted molar refractivity (Wildman–Crippen MR) is 198 cm³/mol. The fourth-order valence-corrected chi connectivity index (χ4v) is 6.42. The lowest BCUT2D eigenvalue weighted by Crippen LogP contribution is -2.13. The van der Waals surface area contributed by atoms with E-state index in [0.29, 0.717) is 35.8 Å². The number of ether oxygens (including phenoxy) is 2. The number of hydrogen-bond acceptors (Lipinski definition) is 8. The summed E-state index contributed by atoms with van der Waals surface area (Å²) in [5, 5.41) is 0. The van der Waals surface area contributed by atoms with Crippen molar-refractivity contribution in [2.45, 2.75) is 151 Å². The van der Waals surface area contributed by atoms with Crippen molar-refractivity contribution in [3.8, 4) is 11.5 Å². The van der Waals surface area contributed by atoms with Crippen molar-refractivity contribution in [2.75, 3.05) is 13.2 Å². The van der Waals surface area contributed by atoms with E-state index in [2.05, 4.69) is 13.8 Å². The molecule has 0 N–H and O–H groups in total. The standard InChI is InChI=1S/C40H61O8P/c1-12-14-16-18-20-44-39(42)31-22-33(26(3)4)37(34(23-31)27(5)6)47-49(46-30(11)41)48-38-35(28(7)8)24-32(25-36(38)29(9)10)40(43)45-21-19-17-15-13-2/h22-29H,12-21H2,1-11H3. The van der Waals surface area contributed by atoms with Crippen LogP contribution in [-0.2, 0) is 18.8 Å². The summed E-state index contributed by atoms with van der Waals surface area (Å²) in [5.41, 5.74) is 4.08. The first-order valence-electron chi connectivity index (χ1n) is 18.3. The molecule has 0 unspecified atom stereocenters. The minimum absolute atomic E-state index is 0.0244. The van der Waals surface area contributed by atoms with Crippen molar-refractivity contribution in [3.63, 3.8) is 0 Å². The first-order valence-corrected chi connectivity index (χ1v) is 19.4. The molecular weight excluding hydrogens is 639 g/mol. The molecule has 8 nitrogen and oxygen atoms in total. The molecule has 0 saturated heterocycles. The number of carbonyl (C=O) groups is 3. The lowest BCUT2D eigenvalue weighted by atomic mass is 9.91. The minimum Gasteiger partial charge on any atom is -0.462 e. The van der Waals surface area contributed by atoms with Crippen LogP contribution in [0.3, 0.4) is 0 Å². The highest BCUT2D eigenvalue weighted by atomic mass is 31.2. The van der Waals surface area contributed by atoms with Crippen LogP contribution < -0.4 is 9.05 Å². The number of unbranched alkanes of at least 4 members (excludes halogenated alkanes) is 6. The van der Waals surface area contributed by atoms with Gasteiger partial charge in [0, 0.05) is 6.92 Å². The molecule has 2 rings (SSSR count). The maximum absolute atomic E-state index is 13.1. The molecule has 0 aliphatic carbocycles. The Labute approximate surface area is 297 Å². The zero-order valence-electron chi connectivity index (χ0n) is 31.9. The van der Waals surface area contributed by atoms with Gasteiger partial charge in [0.05, 0.1) is 24.3 Å². The minimum atomic E-state index is -2.28. The van der Waals surface area contributed by atoms with Crippen LogP contribution in [0.25, 0.3) is 0 Å². The topological polar surface area (TPSA) is 97.4 Å². The van der Waals surface area contributed by atoms with Gasteiger partial charge in [-0.15, -0.1) is 0 Å². The molecule has 0 fully saturated rings. The third-order valence-electron chi connectivity index (χ3n) is 8.25. The molecule has 0 aliphatic heterocycles. The van der Waals surface area contributed by atoms with E-state index in [1.165, 1.54) is 6.92 Å². The quantitative estimate of drug-likeness (QED) is 0.0721. The summed E-state index contributed by atoms with van der Waals surface area (Å²) in [6.07, 6.45) is 8.15. The lowest BCUT2D eigenvalue weighted by molar-refractivity contribution is -0.132. The summed E-state index contributed by atoms with van der Waals surface area (Å²) in [6, 6.07) is 7.24. The Hall–Kier alpha value is -3.12. The van der Waals surface area contributed by atoms with Crippen LogP contribution in [0.1, 0.15) is 194 Å². The zero-order chi connectivity index (χ0) is 36.7. The normalized spacial score (nSPS) is 11.5. The summed E-state index contributed by atoms with van der Waals surface area (Å²) < 4.78 is 30.1. The van der Waals surface area contributed by atoms with Crippen LogP contribution in [0.2, 0.25) is 0 Å². The van der Waals surface area contributed by atoms with Crippen LogP contribution in [0.4, 0.5) is 0 Å². The lowest BCUT2D eigenvalue weighted by Gasteiger charge is -2.26. The highest BCUT2D eigenvalue weighted by Gasteiger charge is 2.31. The van der Waals surface area contributed by atoms with Crippen molar-refractivity contribution in [3.05, 3.63) is 57.6 Å². The van der Waals surface area contributed by atoms with Gasteiger partial charge >= 0.3 is 26.5 Å². The molecular formula is C40H61O8P. The Bertz CT molecular complexity index is 1210. The third kappa shape index (κ3) is 13.3. The molecule has 2 aromatic rings. The van der Waals surface area contributed by atoms with Crippen LogP contribution in [0, 0.1) is 0 Å². The average Bonchev–Trinajstić information content (AvgIpc) is 3.03. The van der Waals surface area contributed by atoms with E-state index in [1.54, 1.807) is 0 Å². The van der Waals surface area contributed by atoms with Crippen LogP contribution in [-0.4, -0.2) is 31.1 Å². The summed E-state index contributed by atoms with van der Waals surface area (Å²) in [7, 11) is -2.28. The van der Waals surface area contributed by atoms with E-state index in [-0.39, 0.29) is 35.6 Å². The smallest absolute Gasteiger partial charge is 0.462 e. The second kappa shape index (κ2) is 21.2. The molecule has 49 heavy (non-hydrogen) atoms. The Morgan fingerprint density at radius 1 is 0.551 bits per heavy atom. The molecule has 2 aromatic carbocycles. The second-order valence-corrected chi connectivity index (χ2v) is 15.0. The number of carbonyl (C=O) groups excluding carboxylic acids is 3. The van der Waals surface area contributed by atoms with E-state index in [0.717, 1.165) is 73.6 Å². The fraction of sp³-hybridized carbons (Fsp3) is 0.625. The van der Waals surface area contributed by atoms with Gasteiger partial charge in [-0.05, 0) is 83.0 Å². The monoisotopic (exact) mass is 700 g/mol. The Morgan fingerprint density at radius 3 is 1.14 bits per heavy atom. The fourth-order valence-electron chi connectivity index (χ4n) is 5.37. The van der Waals surface area contributed by atoms with Crippen LogP contribution >= 0.6 is 8.60 Å². The molecule has 0 radical (unpaired) electrons. The number of hydrogen-bond donors (Lipinski definition) is 0. The summed E-state index contributed by atoms with van der Waals surface area (Å²) >= 11 is 0. The SMILES string of the molecule is CCCCCCOC(=O)c1cc(C(C)C)c(OP(OC(C)=O)Oc2c(C(C)C)cc(C(=O)OCCCCCC)cc2C(C)C)c(C(C)C)c1. The van der Waals surface area contributed by atoms with E-state index in [4.69, 9.17) is 23.0 Å². The van der Waals surface area contributed by atoms with Gasteiger partial charge in [-0.1, -0.05) is 108 Å². The van der Waals surface area contributed by atoms with Gasteiger partial charge in [0.1, 0.15) is 11.5 Å². The van der Waals surface area contributed by atoms with Gasteiger partial charge in [0.15, 0.2) is 0 Å². The van der Waals surface area contributed by atoms with Gasteiger partial charge in [-0.3, -0.25) is 4.79 Å². The first kappa shape index (κ1) is 42.0. The van der Waals surface area contributed by atoms with Crippen molar-refractivity contribution in [1.29, 1.82) is 0 Å². The molecule has 9 heteroatoms. The van der Waals surface area contributed by atoms with Gasteiger partial charge in [-0.2, -0.15) is 0 Å². The number of rotatable bonds is 21. The van der Waals surface area contributed by atoms with Gasteiger partial charge in [-0.25, -0.2) is 9.59 Å². The second-order valence-electron chi connectivity index (χ2n) is 14.0. The molecule has 0 aromatic heterocycles. The Balaban J connectivity index is 2.55. The van der Waals surface area contributed by atoms with Crippen molar-refractivity contribution in [1.82, 2.24) is 0 Å². The van der Waals surface area contributed by atoms with E-state index < -0.39 is 14.6 Å². The molecule has 0 heterocycles. The average molecular weight is 701 g/mol. The predicted octanol–water partition coefficient (Wildman–Crippen LogP) is 11.9. The van der Waals surface area contributed by atoms with Gasteiger partial charge in [0.2, 0.25) is 0 Å². The Kier molecular flexibility index (Phi) is 18.2. The Morgan fingerprint density at radius 2 is 0.878 bits per heavy atom. The third-order valence-corrected chi connectivity index (χ3v) is 9.32. The summed E-state index contributed by atoms with van der Waals surface area (Å²) in [6.45, 7) is 22.6. The molecule has 0 amide bonds. The van der Waals surface area contributed by atoms with Gasteiger partial charge in [0.25, 0.3) is 0 Å². The zero-order valence-corrected chi connectivity index (χ0v) is 32.8.